The SMILES string of the molecule is CNC1CN(c2nc(N)nc3c2oc2c(OC)cccc23)C1. The van der Waals surface area contributed by atoms with Crippen LogP contribution in [0.1, 0.15) is 0 Å². The molecule has 114 valence electrons. The Balaban J connectivity index is 1.94. The van der Waals surface area contributed by atoms with Gasteiger partial charge in [0, 0.05) is 19.1 Å². The Labute approximate surface area is 127 Å². The van der Waals surface area contributed by atoms with Gasteiger partial charge in [-0.15, -0.1) is 0 Å². The van der Waals surface area contributed by atoms with E-state index in [-0.39, 0.29) is 5.95 Å². The molecular weight excluding hydrogens is 282 g/mol. The second-order valence-electron chi connectivity index (χ2n) is 5.41. The van der Waals surface area contributed by atoms with Crippen molar-refractivity contribution < 1.29 is 9.15 Å². The molecule has 7 nitrogen and oxygen atoms in total. The Morgan fingerprint density at radius 3 is 2.86 bits per heavy atom. The van der Waals surface area contributed by atoms with Gasteiger partial charge in [0.25, 0.3) is 0 Å². The number of rotatable bonds is 3. The maximum absolute atomic E-state index is 6.02. The standard InChI is InChI=1S/C15H17N5O2/c1-17-8-6-20(7-8)14-13-11(18-15(16)19-14)9-4-3-5-10(21-2)12(9)22-13/h3-5,8,17H,6-7H2,1-2H3,(H2,16,18,19). The third kappa shape index (κ3) is 1.79. The van der Waals surface area contributed by atoms with E-state index in [1.165, 1.54) is 0 Å². The molecule has 2 aromatic heterocycles. The van der Waals surface area contributed by atoms with Crippen LogP contribution >= 0.6 is 0 Å². The van der Waals surface area contributed by atoms with Gasteiger partial charge in [0.1, 0.15) is 5.52 Å². The Kier molecular flexibility index (Phi) is 2.83. The molecule has 1 aliphatic heterocycles. The summed E-state index contributed by atoms with van der Waals surface area (Å²) >= 11 is 0. The molecule has 0 aliphatic carbocycles. The molecule has 0 bridgehead atoms. The van der Waals surface area contributed by atoms with Crippen LogP contribution in [0.4, 0.5) is 11.8 Å². The van der Waals surface area contributed by atoms with Crippen molar-refractivity contribution in [2.24, 2.45) is 0 Å². The number of nitrogens with one attached hydrogen (secondary N) is 1. The predicted octanol–water partition coefficient (Wildman–Crippen LogP) is 1.37. The van der Waals surface area contributed by atoms with Crippen LogP contribution in [0.3, 0.4) is 0 Å². The lowest BCUT2D eigenvalue weighted by molar-refractivity contribution is 0.411. The van der Waals surface area contributed by atoms with E-state index in [4.69, 9.17) is 14.9 Å². The fourth-order valence-electron chi connectivity index (χ4n) is 2.85. The van der Waals surface area contributed by atoms with Crippen molar-refractivity contribution in [2.75, 3.05) is 37.9 Å². The molecule has 1 aromatic carbocycles. The summed E-state index contributed by atoms with van der Waals surface area (Å²) < 4.78 is 11.4. The van der Waals surface area contributed by atoms with Crippen LogP contribution in [0.25, 0.3) is 22.1 Å². The molecule has 0 saturated carbocycles. The number of ether oxygens (including phenoxy) is 1. The van der Waals surface area contributed by atoms with Crippen molar-refractivity contribution >= 4 is 33.8 Å². The minimum atomic E-state index is 0.251. The molecular formula is C15H17N5O2. The highest BCUT2D eigenvalue weighted by Crippen LogP contribution is 2.38. The zero-order valence-electron chi connectivity index (χ0n) is 12.5. The number of nitrogens with zero attached hydrogens (tertiary/aromatic N) is 3. The summed E-state index contributed by atoms with van der Waals surface area (Å²) in [5.41, 5.74) is 7.95. The molecule has 0 atom stereocenters. The van der Waals surface area contributed by atoms with Crippen LogP contribution in [0, 0.1) is 0 Å². The number of fused-ring (bicyclic) bond motifs is 3. The lowest BCUT2D eigenvalue weighted by atomic mass is 10.1. The minimum absolute atomic E-state index is 0.251. The Morgan fingerprint density at radius 1 is 1.32 bits per heavy atom. The molecule has 3 N–H and O–H groups in total. The van der Waals surface area contributed by atoms with Crippen molar-refractivity contribution in [1.82, 2.24) is 15.3 Å². The highest BCUT2D eigenvalue weighted by Gasteiger charge is 2.30. The first-order valence-electron chi connectivity index (χ1n) is 7.16. The third-order valence-electron chi connectivity index (χ3n) is 4.11. The van der Waals surface area contributed by atoms with Crippen LogP contribution < -0.4 is 20.7 Å². The molecule has 3 heterocycles. The van der Waals surface area contributed by atoms with E-state index in [2.05, 4.69) is 20.2 Å². The fraction of sp³-hybridized carbons (Fsp3) is 0.333. The summed E-state index contributed by atoms with van der Waals surface area (Å²) in [5, 5.41) is 4.13. The van der Waals surface area contributed by atoms with Gasteiger partial charge < -0.3 is 25.1 Å². The highest BCUT2D eigenvalue weighted by molar-refractivity contribution is 6.08. The van der Waals surface area contributed by atoms with E-state index < -0.39 is 0 Å². The normalized spacial score (nSPS) is 15.5. The molecule has 1 saturated heterocycles. The zero-order valence-corrected chi connectivity index (χ0v) is 12.5. The Morgan fingerprint density at radius 2 is 2.14 bits per heavy atom. The van der Waals surface area contributed by atoms with Gasteiger partial charge in [-0.1, -0.05) is 6.07 Å². The number of likely N-dealkylation sites (N-methyl/N-ethyl adjacent to an activating group) is 1. The smallest absolute Gasteiger partial charge is 0.222 e. The lowest BCUT2D eigenvalue weighted by Crippen LogP contribution is -2.57. The molecule has 7 heteroatoms. The number of para-hydroxylation sites is 1. The Hall–Kier alpha value is -2.54. The monoisotopic (exact) mass is 299 g/mol. The van der Waals surface area contributed by atoms with E-state index in [0.717, 1.165) is 29.8 Å². The van der Waals surface area contributed by atoms with Gasteiger partial charge in [-0.2, -0.15) is 4.98 Å². The van der Waals surface area contributed by atoms with Gasteiger partial charge in [0.05, 0.1) is 12.5 Å². The fourth-order valence-corrected chi connectivity index (χ4v) is 2.85. The van der Waals surface area contributed by atoms with Crippen LogP contribution in [0.15, 0.2) is 22.6 Å². The number of hydrogen-bond donors (Lipinski definition) is 2. The van der Waals surface area contributed by atoms with E-state index in [1.54, 1.807) is 7.11 Å². The van der Waals surface area contributed by atoms with Crippen molar-refractivity contribution in [3.05, 3.63) is 18.2 Å². The predicted molar refractivity (Wildman–Crippen MR) is 85.3 cm³/mol. The summed E-state index contributed by atoms with van der Waals surface area (Å²) in [7, 11) is 3.58. The van der Waals surface area contributed by atoms with Crippen LogP contribution in [0.5, 0.6) is 5.75 Å². The molecule has 22 heavy (non-hydrogen) atoms. The van der Waals surface area contributed by atoms with Crippen molar-refractivity contribution in [3.8, 4) is 5.75 Å². The molecule has 0 unspecified atom stereocenters. The number of aromatic nitrogens is 2. The average Bonchev–Trinajstić information content (AvgIpc) is 2.85. The third-order valence-corrected chi connectivity index (χ3v) is 4.11. The van der Waals surface area contributed by atoms with E-state index in [9.17, 15) is 0 Å². The van der Waals surface area contributed by atoms with Gasteiger partial charge in [0.2, 0.25) is 5.95 Å². The quantitative estimate of drug-likeness (QED) is 0.755. The van der Waals surface area contributed by atoms with Gasteiger partial charge in [-0.05, 0) is 19.2 Å². The van der Waals surface area contributed by atoms with E-state index in [0.29, 0.717) is 23.0 Å². The molecule has 1 fully saturated rings. The summed E-state index contributed by atoms with van der Waals surface area (Å²) in [4.78, 5) is 10.9. The second kappa shape index (κ2) is 4.74. The van der Waals surface area contributed by atoms with Crippen molar-refractivity contribution in [2.45, 2.75) is 6.04 Å². The molecule has 0 spiro atoms. The topological polar surface area (TPSA) is 89.4 Å². The molecule has 4 rings (SSSR count). The summed E-state index contributed by atoms with van der Waals surface area (Å²) in [5.74, 6) is 1.67. The first-order chi connectivity index (χ1) is 10.7. The van der Waals surface area contributed by atoms with Crippen LogP contribution in [-0.4, -0.2) is 43.3 Å². The number of methoxy groups -OCH3 is 1. The molecule has 1 aliphatic rings. The number of hydrogen-bond acceptors (Lipinski definition) is 7. The lowest BCUT2D eigenvalue weighted by Gasteiger charge is -2.39. The van der Waals surface area contributed by atoms with Gasteiger partial charge >= 0.3 is 0 Å². The van der Waals surface area contributed by atoms with Gasteiger partial charge in [-0.3, -0.25) is 0 Å². The second-order valence-corrected chi connectivity index (χ2v) is 5.41. The first kappa shape index (κ1) is 13.1. The minimum Gasteiger partial charge on any atom is -0.493 e. The number of nitrogens with two attached hydrogens (primary N) is 1. The number of nitrogen functional groups attached to an aromatic ring is 1. The van der Waals surface area contributed by atoms with Crippen LogP contribution in [0.2, 0.25) is 0 Å². The highest BCUT2D eigenvalue weighted by atomic mass is 16.5. The Bertz CT molecular complexity index is 854. The molecule has 0 amide bonds. The van der Waals surface area contributed by atoms with E-state index >= 15 is 0 Å². The maximum Gasteiger partial charge on any atom is 0.222 e. The zero-order chi connectivity index (χ0) is 15.3. The summed E-state index contributed by atoms with van der Waals surface area (Å²) in [6.45, 7) is 1.74. The molecule has 0 radical (unpaired) electrons. The maximum atomic E-state index is 6.02. The van der Waals surface area contributed by atoms with Gasteiger partial charge in [0.15, 0.2) is 22.7 Å². The van der Waals surface area contributed by atoms with Crippen LogP contribution in [-0.2, 0) is 0 Å². The average molecular weight is 299 g/mol. The van der Waals surface area contributed by atoms with Gasteiger partial charge in [-0.25, -0.2) is 4.98 Å². The summed E-state index contributed by atoms with van der Waals surface area (Å²) in [6, 6.07) is 6.19. The van der Waals surface area contributed by atoms with E-state index in [1.807, 2.05) is 25.2 Å². The number of furan rings is 1. The number of benzene rings is 1. The first-order valence-corrected chi connectivity index (χ1v) is 7.16. The number of anilines is 2. The van der Waals surface area contributed by atoms with Crippen molar-refractivity contribution in [3.63, 3.8) is 0 Å². The van der Waals surface area contributed by atoms with Crippen molar-refractivity contribution in [1.29, 1.82) is 0 Å². The summed E-state index contributed by atoms with van der Waals surface area (Å²) in [6.07, 6.45) is 0. The largest absolute Gasteiger partial charge is 0.493 e. The molecule has 3 aromatic rings.